The molecule has 0 aromatic heterocycles. The summed E-state index contributed by atoms with van der Waals surface area (Å²) in [4.78, 5) is 16.6. The Morgan fingerprint density at radius 2 is 1.86 bits per heavy atom. The molecule has 1 fully saturated rings. The lowest BCUT2D eigenvalue weighted by Gasteiger charge is -2.32. The smallest absolute Gasteiger partial charge is 0.162 e. The van der Waals surface area contributed by atoms with Crippen LogP contribution in [0.15, 0.2) is 53.4 Å². The van der Waals surface area contributed by atoms with Crippen molar-refractivity contribution in [3.63, 3.8) is 0 Å². The number of carbonyl (C=O) groups excluding carboxylic acids is 1. The van der Waals surface area contributed by atoms with Crippen molar-refractivity contribution in [1.82, 2.24) is 4.90 Å². The van der Waals surface area contributed by atoms with Crippen LogP contribution < -0.4 is 0 Å². The first kappa shape index (κ1) is 21.4. The number of hydrogen-bond donors (Lipinski definition) is 0. The predicted octanol–water partition coefficient (Wildman–Crippen LogP) is 6.02. The first-order valence-corrected chi connectivity index (χ1v) is 11.3. The SMILES string of the molecule is Cl.O=C(CCC1CCN(Cc2ccccc2)CC1)c1ccc2c(c1)CCCS2. The molecule has 2 aliphatic heterocycles. The van der Waals surface area contributed by atoms with Crippen LogP contribution in [0.5, 0.6) is 0 Å². The van der Waals surface area contributed by atoms with Crippen molar-refractivity contribution in [1.29, 1.82) is 0 Å². The number of likely N-dealkylation sites (tertiary alicyclic amines) is 1. The molecule has 2 nitrogen and oxygen atoms in total. The standard InChI is InChI=1S/C24H29NOS.ClH/c26-23(21-9-11-24-22(17-21)7-4-16-27-24)10-8-19-12-14-25(15-13-19)18-20-5-2-1-3-6-20;/h1-3,5-6,9,11,17,19H,4,7-8,10,12-16,18H2;1H. The molecule has 0 aliphatic carbocycles. The van der Waals surface area contributed by atoms with Crippen molar-refractivity contribution >= 4 is 30.0 Å². The van der Waals surface area contributed by atoms with Gasteiger partial charge in [-0.1, -0.05) is 36.4 Å². The third kappa shape index (κ3) is 5.62. The molecule has 0 bridgehead atoms. The van der Waals surface area contributed by atoms with E-state index in [4.69, 9.17) is 0 Å². The lowest BCUT2D eigenvalue weighted by atomic mass is 9.90. The van der Waals surface area contributed by atoms with Crippen LogP contribution in [0.4, 0.5) is 0 Å². The average molecular weight is 416 g/mol. The van der Waals surface area contributed by atoms with Crippen LogP contribution in [0.2, 0.25) is 0 Å². The Morgan fingerprint density at radius 3 is 2.64 bits per heavy atom. The van der Waals surface area contributed by atoms with Crippen LogP contribution in [-0.4, -0.2) is 29.5 Å². The van der Waals surface area contributed by atoms with E-state index < -0.39 is 0 Å². The van der Waals surface area contributed by atoms with Crippen molar-refractivity contribution in [2.75, 3.05) is 18.8 Å². The molecule has 2 heterocycles. The minimum atomic E-state index is 0. The first-order chi connectivity index (χ1) is 13.3. The van der Waals surface area contributed by atoms with Crippen LogP contribution in [0.1, 0.15) is 53.6 Å². The lowest BCUT2D eigenvalue weighted by Crippen LogP contribution is -2.33. The Bertz CT molecular complexity index is 771. The molecule has 2 aromatic rings. The van der Waals surface area contributed by atoms with Crippen LogP contribution >= 0.6 is 24.2 Å². The van der Waals surface area contributed by atoms with Gasteiger partial charge in [0.1, 0.15) is 0 Å². The Morgan fingerprint density at radius 1 is 1.07 bits per heavy atom. The van der Waals surface area contributed by atoms with E-state index in [9.17, 15) is 4.79 Å². The minimum absolute atomic E-state index is 0. The molecule has 0 amide bonds. The van der Waals surface area contributed by atoms with Crippen LogP contribution in [-0.2, 0) is 13.0 Å². The summed E-state index contributed by atoms with van der Waals surface area (Å²) in [7, 11) is 0. The number of hydrogen-bond acceptors (Lipinski definition) is 3. The largest absolute Gasteiger partial charge is 0.299 e. The molecule has 0 unspecified atom stereocenters. The van der Waals surface area contributed by atoms with Gasteiger partial charge in [0, 0.05) is 23.4 Å². The summed E-state index contributed by atoms with van der Waals surface area (Å²) in [6.45, 7) is 3.37. The second-order valence-corrected chi connectivity index (χ2v) is 9.08. The van der Waals surface area contributed by atoms with Gasteiger partial charge >= 0.3 is 0 Å². The Hall–Kier alpha value is -1.29. The molecular formula is C24H30ClNOS. The zero-order valence-corrected chi connectivity index (χ0v) is 18.1. The van der Waals surface area contributed by atoms with Crippen LogP contribution in [0.25, 0.3) is 0 Å². The number of piperidine rings is 1. The molecule has 0 saturated carbocycles. The molecular weight excluding hydrogens is 386 g/mol. The summed E-state index contributed by atoms with van der Waals surface area (Å²) in [5, 5.41) is 0. The first-order valence-electron chi connectivity index (χ1n) is 10.3. The summed E-state index contributed by atoms with van der Waals surface area (Å²) in [6, 6.07) is 17.1. The number of Topliss-reactive ketones (excluding diaryl/α,β-unsaturated/α-hetero) is 1. The van der Waals surface area contributed by atoms with Gasteiger partial charge < -0.3 is 0 Å². The van der Waals surface area contributed by atoms with Gasteiger partial charge in [-0.25, -0.2) is 0 Å². The van der Waals surface area contributed by atoms with E-state index in [0.717, 1.165) is 38.0 Å². The van der Waals surface area contributed by atoms with Gasteiger partial charge in [0.2, 0.25) is 0 Å². The van der Waals surface area contributed by atoms with Gasteiger partial charge in [0.15, 0.2) is 5.78 Å². The minimum Gasteiger partial charge on any atom is -0.299 e. The zero-order valence-electron chi connectivity index (χ0n) is 16.4. The maximum Gasteiger partial charge on any atom is 0.162 e. The molecule has 1 saturated heterocycles. The molecule has 4 heteroatoms. The predicted molar refractivity (Wildman–Crippen MR) is 121 cm³/mol. The van der Waals surface area contributed by atoms with Crippen molar-refractivity contribution in [3.8, 4) is 0 Å². The van der Waals surface area contributed by atoms with Gasteiger partial charge in [-0.2, -0.15) is 0 Å². The quantitative estimate of drug-likeness (QED) is 0.538. The van der Waals surface area contributed by atoms with E-state index in [1.54, 1.807) is 0 Å². The number of rotatable bonds is 6. The molecule has 0 N–H and O–H groups in total. The number of carbonyl (C=O) groups is 1. The van der Waals surface area contributed by atoms with Gasteiger partial charge in [-0.05, 0) is 80.1 Å². The lowest BCUT2D eigenvalue weighted by molar-refractivity contribution is 0.0961. The summed E-state index contributed by atoms with van der Waals surface area (Å²) < 4.78 is 0. The highest BCUT2D eigenvalue weighted by atomic mass is 35.5. The molecule has 0 radical (unpaired) electrons. The van der Waals surface area contributed by atoms with E-state index in [2.05, 4.69) is 47.4 Å². The van der Waals surface area contributed by atoms with Gasteiger partial charge in [0.25, 0.3) is 0 Å². The molecule has 0 atom stereocenters. The molecule has 28 heavy (non-hydrogen) atoms. The second kappa shape index (κ2) is 10.5. The topological polar surface area (TPSA) is 20.3 Å². The fourth-order valence-electron chi connectivity index (χ4n) is 4.29. The fourth-order valence-corrected chi connectivity index (χ4v) is 5.31. The normalized spacial score (nSPS) is 17.6. The van der Waals surface area contributed by atoms with Gasteiger partial charge in [0.05, 0.1) is 0 Å². The summed E-state index contributed by atoms with van der Waals surface area (Å²) in [5.41, 5.74) is 3.71. The highest BCUT2D eigenvalue weighted by molar-refractivity contribution is 7.99. The van der Waals surface area contributed by atoms with Crippen molar-refractivity contribution < 1.29 is 4.79 Å². The number of benzene rings is 2. The number of ketones is 1. The van der Waals surface area contributed by atoms with E-state index in [1.165, 1.54) is 41.0 Å². The molecule has 4 rings (SSSR count). The molecule has 150 valence electrons. The number of nitrogens with zero attached hydrogens (tertiary/aromatic N) is 1. The molecule has 2 aromatic carbocycles. The third-order valence-corrected chi connectivity index (χ3v) is 7.17. The summed E-state index contributed by atoms with van der Waals surface area (Å²) in [5.74, 6) is 2.25. The van der Waals surface area contributed by atoms with Gasteiger partial charge in [-0.3, -0.25) is 9.69 Å². The number of aryl methyl sites for hydroxylation is 1. The van der Waals surface area contributed by atoms with E-state index in [-0.39, 0.29) is 12.4 Å². The maximum atomic E-state index is 12.7. The Balaban J connectivity index is 0.00000225. The van der Waals surface area contributed by atoms with Crippen molar-refractivity contribution in [2.24, 2.45) is 5.92 Å². The van der Waals surface area contributed by atoms with Crippen LogP contribution in [0, 0.1) is 5.92 Å². The van der Waals surface area contributed by atoms with Crippen molar-refractivity contribution in [3.05, 3.63) is 65.2 Å². The second-order valence-electron chi connectivity index (χ2n) is 7.94. The van der Waals surface area contributed by atoms with E-state index in [1.807, 2.05) is 17.8 Å². The molecule has 2 aliphatic rings. The molecule has 0 spiro atoms. The summed E-state index contributed by atoms with van der Waals surface area (Å²) >= 11 is 1.93. The Labute approximate surface area is 179 Å². The Kier molecular flexibility index (Phi) is 8.01. The maximum absolute atomic E-state index is 12.7. The number of thioether (sulfide) groups is 1. The highest BCUT2D eigenvalue weighted by Crippen LogP contribution is 2.31. The number of halogens is 1. The highest BCUT2D eigenvalue weighted by Gasteiger charge is 2.21. The summed E-state index contributed by atoms with van der Waals surface area (Å²) in [6.07, 6.45) is 6.56. The third-order valence-electron chi connectivity index (χ3n) is 5.97. The fraction of sp³-hybridized carbons (Fsp3) is 0.458. The van der Waals surface area contributed by atoms with Gasteiger partial charge in [-0.15, -0.1) is 24.2 Å². The van der Waals surface area contributed by atoms with Crippen LogP contribution in [0.3, 0.4) is 0 Å². The zero-order chi connectivity index (χ0) is 18.5. The van der Waals surface area contributed by atoms with E-state index >= 15 is 0 Å². The average Bonchev–Trinajstić information content (AvgIpc) is 2.73. The van der Waals surface area contributed by atoms with E-state index in [0.29, 0.717) is 18.1 Å². The monoisotopic (exact) mass is 415 g/mol. The van der Waals surface area contributed by atoms with Crippen molar-refractivity contribution in [2.45, 2.75) is 50.0 Å². The number of fused-ring (bicyclic) bond motifs is 1.